The fourth-order valence-electron chi connectivity index (χ4n) is 2.71. The third-order valence-electron chi connectivity index (χ3n) is 3.82. The zero-order chi connectivity index (χ0) is 14.3. The van der Waals surface area contributed by atoms with Gasteiger partial charge in [0, 0.05) is 13.1 Å². The lowest BCUT2D eigenvalue weighted by Crippen LogP contribution is -2.48. The molecule has 110 valence electrons. The third-order valence-corrected chi connectivity index (χ3v) is 7.84. The van der Waals surface area contributed by atoms with Crippen molar-refractivity contribution in [1.29, 1.82) is 0 Å². The molecule has 0 aromatic carbocycles. The molecule has 0 amide bonds. The average Bonchev–Trinajstić information content (AvgIpc) is 2.77. The second-order valence-corrected chi connectivity index (χ2v) is 9.47. The Hall–Kier alpha value is -0.670. The van der Waals surface area contributed by atoms with Crippen molar-refractivity contribution in [1.82, 2.24) is 4.31 Å². The van der Waals surface area contributed by atoms with E-state index in [4.69, 9.17) is 5.11 Å². The van der Waals surface area contributed by atoms with E-state index >= 15 is 0 Å². The fourth-order valence-corrected chi connectivity index (χ4v) is 6.35. The van der Waals surface area contributed by atoms with Gasteiger partial charge in [-0.1, -0.05) is 6.42 Å². The van der Waals surface area contributed by atoms with Gasteiger partial charge in [0.25, 0.3) is 0 Å². The van der Waals surface area contributed by atoms with Gasteiger partial charge < -0.3 is 5.11 Å². The molecule has 0 aromatic heterocycles. The van der Waals surface area contributed by atoms with Crippen molar-refractivity contribution in [2.75, 3.05) is 24.6 Å². The lowest BCUT2D eigenvalue weighted by Gasteiger charge is -2.30. The summed E-state index contributed by atoms with van der Waals surface area (Å²) in [5.74, 6) is -2.33. The molecule has 19 heavy (non-hydrogen) atoms. The molecule has 0 aromatic rings. The number of carboxylic acids is 1. The van der Waals surface area contributed by atoms with E-state index < -0.39 is 37.0 Å². The van der Waals surface area contributed by atoms with Crippen LogP contribution in [0.25, 0.3) is 0 Å². The number of carboxylic acid groups (broad SMARTS) is 1. The third kappa shape index (κ3) is 2.92. The predicted octanol–water partition coefficient (Wildman–Crippen LogP) is -0.700. The van der Waals surface area contributed by atoms with Crippen LogP contribution in [0.4, 0.5) is 0 Å². The van der Waals surface area contributed by atoms with E-state index in [-0.39, 0.29) is 24.6 Å². The van der Waals surface area contributed by atoms with Crippen LogP contribution in [0.15, 0.2) is 0 Å². The first kappa shape index (κ1) is 14.7. The van der Waals surface area contributed by atoms with Crippen LogP contribution in [0.3, 0.4) is 0 Å². The summed E-state index contributed by atoms with van der Waals surface area (Å²) in [6, 6.07) is 0. The van der Waals surface area contributed by atoms with Crippen LogP contribution in [0, 0.1) is 5.92 Å². The van der Waals surface area contributed by atoms with Gasteiger partial charge in [0.1, 0.15) is 0 Å². The molecule has 2 aliphatic rings. The summed E-state index contributed by atoms with van der Waals surface area (Å²) in [7, 11) is -6.87. The number of sulfonamides is 1. The second kappa shape index (κ2) is 5.02. The normalized spacial score (nSPS) is 32.2. The van der Waals surface area contributed by atoms with Gasteiger partial charge in [0.05, 0.1) is 22.7 Å². The topological polar surface area (TPSA) is 109 Å². The first-order valence-corrected chi connectivity index (χ1v) is 9.49. The summed E-state index contributed by atoms with van der Waals surface area (Å²) >= 11 is 0. The number of carbonyl (C=O) groups is 1. The summed E-state index contributed by atoms with van der Waals surface area (Å²) in [5.41, 5.74) is 0. The summed E-state index contributed by atoms with van der Waals surface area (Å²) in [5, 5.41) is 8.14. The van der Waals surface area contributed by atoms with Crippen molar-refractivity contribution in [2.45, 2.75) is 24.5 Å². The van der Waals surface area contributed by atoms with Gasteiger partial charge in [-0.25, -0.2) is 16.8 Å². The number of nitrogens with zero attached hydrogens (tertiary/aromatic N) is 1. The Kier molecular flexibility index (Phi) is 3.90. The second-order valence-electron chi connectivity index (χ2n) is 5.01. The van der Waals surface area contributed by atoms with Crippen molar-refractivity contribution in [3.8, 4) is 0 Å². The van der Waals surface area contributed by atoms with Gasteiger partial charge >= 0.3 is 5.97 Å². The van der Waals surface area contributed by atoms with Crippen LogP contribution >= 0.6 is 0 Å². The summed E-state index contributed by atoms with van der Waals surface area (Å²) in [6.07, 6.45) is 1.28. The van der Waals surface area contributed by atoms with Crippen LogP contribution < -0.4 is 0 Å². The fraction of sp³-hybridized carbons (Fsp3) is 0.900. The zero-order valence-electron chi connectivity index (χ0n) is 10.4. The maximum absolute atomic E-state index is 12.4. The minimum Gasteiger partial charge on any atom is -0.481 e. The molecule has 7 nitrogen and oxygen atoms in total. The van der Waals surface area contributed by atoms with E-state index in [0.717, 1.165) is 4.31 Å². The standard InChI is InChI=1S/C10H17NO6S2/c12-10(13)8-2-1-3-9(8)19(16,17)11-4-6-18(14,15)7-5-11/h8-9H,1-7H2,(H,12,13). The maximum Gasteiger partial charge on any atom is 0.307 e. The molecular formula is C10H17NO6S2. The van der Waals surface area contributed by atoms with Crippen LogP contribution in [-0.2, 0) is 24.7 Å². The van der Waals surface area contributed by atoms with Gasteiger partial charge in [-0.3, -0.25) is 4.79 Å². The van der Waals surface area contributed by atoms with Crippen LogP contribution in [0.5, 0.6) is 0 Å². The van der Waals surface area contributed by atoms with Crippen molar-refractivity contribution in [2.24, 2.45) is 5.92 Å². The van der Waals surface area contributed by atoms with E-state index in [9.17, 15) is 21.6 Å². The van der Waals surface area contributed by atoms with Gasteiger partial charge in [0.2, 0.25) is 10.0 Å². The minimum atomic E-state index is -3.72. The van der Waals surface area contributed by atoms with Gasteiger partial charge in [-0.2, -0.15) is 4.31 Å². The summed E-state index contributed by atoms with van der Waals surface area (Å²) in [6.45, 7) is -0.124. The Labute approximate surface area is 112 Å². The molecule has 1 N–H and O–H groups in total. The molecule has 2 atom stereocenters. The molecule has 2 unspecified atom stereocenters. The van der Waals surface area contributed by atoms with E-state index in [1.165, 1.54) is 0 Å². The lowest BCUT2D eigenvalue weighted by atomic mass is 10.1. The highest BCUT2D eigenvalue weighted by Gasteiger charge is 2.45. The molecule has 2 fully saturated rings. The molecule has 0 bridgehead atoms. The maximum atomic E-state index is 12.4. The Morgan fingerprint density at radius 2 is 1.74 bits per heavy atom. The first-order valence-electron chi connectivity index (χ1n) is 6.16. The Bertz CT molecular complexity index is 553. The van der Waals surface area contributed by atoms with Crippen LogP contribution in [0.2, 0.25) is 0 Å². The van der Waals surface area contributed by atoms with Crippen molar-refractivity contribution >= 4 is 25.8 Å². The molecule has 1 heterocycles. The van der Waals surface area contributed by atoms with Crippen molar-refractivity contribution in [3.63, 3.8) is 0 Å². The zero-order valence-corrected chi connectivity index (χ0v) is 12.0. The molecule has 1 saturated heterocycles. The number of aliphatic carboxylic acids is 1. The predicted molar refractivity (Wildman–Crippen MR) is 67.9 cm³/mol. The molecule has 1 saturated carbocycles. The quantitative estimate of drug-likeness (QED) is 0.738. The number of sulfone groups is 1. The number of hydrogen-bond donors (Lipinski definition) is 1. The molecule has 1 aliphatic heterocycles. The highest BCUT2D eigenvalue weighted by atomic mass is 32.2. The monoisotopic (exact) mass is 311 g/mol. The molecule has 0 radical (unpaired) electrons. The first-order chi connectivity index (χ1) is 8.74. The van der Waals surface area contributed by atoms with Gasteiger partial charge in [0.15, 0.2) is 9.84 Å². The molecule has 0 spiro atoms. The van der Waals surface area contributed by atoms with E-state index in [2.05, 4.69) is 0 Å². The van der Waals surface area contributed by atoms with E-state index in [1.54, 1.807) is 0 Å². The number of rotatable bonds is 3. The molecular weight excluding hydrogens is 294 g/mol. The lowest BCUT2D eigenvalue weighted by molar-refractivity contribution is -0.141. The average molecular weight is 311 g/mol. The highest BCUT2D eigenvalue weighted by Crippen LogP contribution is 2.33. The van der Waals surface area contributed by atoms with E-state index in [0.29, 0.717) is 19.3 Å². The molecule has 2 rings (SSSR count). The molecule has 9 heteroatoms. The largest absolute Gasteiger partial charge is 0.481 e. The summed E-state index contributed by atoms with van der Waals surface area (Å²) in [4.78, 5) is 11.1. The van der Waals surface area contributed by atoms with Gasteiger partial charge in [-0.15, -0.1) is 0 Å². The van der Waals surface area contributed by atoms with Crippen LogP contribution in [0.1, 0.15) is 19.3 Å². The Morgan fingerprint density at radius 3 is 2.26 bits per heavy atom. The van der Waals surface area contributed by atoms with Crippen molar-refractivity contribution < 1.29 is 26.7 Å². The highest BCUT2D eigenvalue weighted by molar-refractivity contribution is 7.92. The van der Waals surface area contributed by atoms with E-state index in [1.807, 2.05) is 0 Å². The van der Waals surface area contributed by atoms with Crippen LogP contribution in [-0.4, -0.2) is 62.1 Å². The Balaban J connectivity index is 2.17. The minimum absolute atomic E-state index is 0.0620. The van der Waals surface area contributed by atoms with Gasteiger partial charge in [-0.05, 0) is 12.8 Å². The summed E-state index contributed by atoms with van der Waals surface area (Å²) < 4.78 is 48.5. The molecule has 1 aliphatic carbocycles. The SMILES string of the molecule is O=C(O)C1CCCC1S(=O)(=O)N1CCS(=O)(=O)CC1. The number of hydrogen-bond acceptors (Lipinski definition) is 5. The smallest absolute Gasteiger partial charge is 0.307 e. The van der Waals surface area contributed by atoms with Crippen molar-refractivity contribution in [3.05, 3.63) is 0 Å². The Morgan fingerprint density at radius 1 is 1.16 bits per heavy atom.